The van der Waals surface area contributed by atoms with Crippen molar-refractivity contribution in [3.8, 4) is 11.8 Å². The van der Waals surface area contributed by atoms with E-state index in [2.05, 4.69) is 11.4 Å². The molecule has 0 bridgehead atoms. The van der Waals surface area contributed by atoms with Crippen molar-refractivity contribution in [2.24, 2.45) is 0 Å². The SMILES string of the molecule is COc1ccc(CN2C(=O)C(C#N)(Nc3ccccc3)c3ccc(Cl)cc32)cc1. The van der Waals surface area contributed by atoms with Crippen molar-refractivity contribution in [2.45, 2.75) is 12.1 Å². The number of amides is 1. The molecule has 0 aliphatic carbocycles. The number of hydrogen-bond donors (Lipinski definition) is 1. The maximum atomic E-state index is 13.5. The Hall–Kier alpha value is -3.49. The predicted octanol–water partition coefficient (Wildman–Crippen LogP) is 4.73. The molecule has 0 fully saturated rings. The second kappa shape index (κ2) is 7.50. The Morgan fingerprint density at radius 1 is 1.10 bits per heavy atom. The number of carbonyl (C=O) groups excluding carboxylic acids is 1. The van der Waals surface area contributed by atoms with E-state index < -0.39 is 5.54 Å². The Morgan fingerprint density at radius 3 is 2.48 bits per heavy atom. The number of ether oxygens (including phenoxy) is 1. The maximum absolute atomic E-state index is 13.5. The van der Waals surface area contributed by atoms with Crippen LogP contribution in [0.4, 0.5) is 11.4 Å². The molecule has 3 aromatic carbocycles. The van der Waals surface area contributed by atoms with E-state index in [0.717, 1.165) is 11.3 Å². The van der Waals surface area contributed by atoms with Crippen molar-refractivity contribution in [2.75, 3.05) is 17.3 Å². The summed E-state index contributed by atoms with van der Waals surface area (Å²) < 4.78 is 5.20. The highest BCUT2D eigenvalue weighted by Gasteiger charge is 2.52. The van der Waals surface area contributed by atoms with Gasteiger partial charge in [0.1, 0.15) is 11.8 Å². The lowest BCUT2D eigenvalue weighted by atomic mass is 9.92. The fraction of sp³-hybridized carbons (Fsp3) is 0.130. The number of benzene rings is 3. The van der Waals surface area contributed by atoms with Crippen molar-refractivity contribution < 1.29 is 9.53 Å². The van der Waals surface area contributed by atoms with E-state index >= 15 is 0 Å². The Balaban J connectivity index is 1.77. The van der Waals surface area contributed by atoms with Gasteiger partial charge in [-0.25, -0.2) is 0 Å². The van der Waals surface area contributed by atoms with Crippen LogP contribution in [0.5, 0.6) is 5.75 Å². The summed E-state index contributed by atoms with van der Waals surface area (Å²) in [5.41, 5.74) is 1.30. The third kappa shape index (κ3) is 3.28. The number of hydrogen-bond acceptors (Lipinski definition) is 4. The van der Waals surface area contributed by atoms with Crippen LogP contribution in [0.2, 0.25) is 5.02 Å². The first kappa shape index (κ1) is 18.9. The predicted molar refractivity (Wildman–Crippen MR) is 113 cm³/mol. The van der Waals surface area contributed by atoms with Gasteiger partial charge in [0.25, 0.3) is 5.91 Å². The summed E-state index contributed by atoms with van der Waals surface area (Å²) >= 11 is 6.22. The standard InChI is InChI=1S/C23H18ClN3O2/c1-29-19-10-7-16(8-11-19)14-27-21-13-17(24)9-12-20(21)23(15-25,22(27)28)26-18-5-3-2-4-6-18/h2-13,26H,14H2,1H3. The van der Waals surface area contributed by atoms with Crippen LogP contribution in [0.1, 0.15) is 11.1 Å². The number of nitrogens with one attached hydrogen (secondary N) is 1. The number of para-hydroxylation sites is 1. The highest BCUT2D eigenvalue weighted by Crippen LogP contribution is 2.44. The first-order chi connectivity index (χ1) is 14.1. The summed E-state index contributed by atoms with van der Waals surface area (Å²) in [6, 6.07) is 24.1. The molecule has 1 heterocycles. The lowest BCUT2D eigenvalue weighted by Gasteiger charge is -2.24. The fourth-order valence-electron chi connectivity index (χ4n) is 3.54. The van der Waals surface area contributed by atoms with Crippen LogP contribution in [0.25, 0.3) is 0 Å². The molecule has 5 nitrogen and oxygen atoms in total. The normalized spacial score (nSPS) is 17.6. The molecular weight excluding hydrogens is 386 g/mol. The van der Waals surface area contributed by atoms with Crippen LogP contribution in [0, 0.1) is 11.3 Å². The zero-order valence-corrected chi connectivity index (χ0v) is 16.5. The van der Waals surface area contributed by atoms with E-state index in [0.29, 0.717) is 28.5 Å². The van der Waals surface area contributed by atoms with Crippen molar-refractivity contribution in [3.05, 3.63) is 88.9 Å². The van der Waals surface area contributed by atoms with Crippen LogP contribution in [0.3, 0.4) is 0 Å². The molecule has 1 atom stereocenters. The zero-order valence-electron chi connectivity index (χ0n) is 15.7. The maximum Gasteiger partial charge on any atom is 0.272 e. The smallest absolute Gasteiger partial charge is 0.272 e. The molecule has 4 rings (SSSR count). The largest absolute Gasteiger partial charge is 0.497 e. The highest BCUT2D eigenvalue weighted by atomic mass is 35.5. The summed E-state index contributed by atoms with van der Waals surface area (Å²) in [6.07, 6.45) is 0. The van der Waals surface area contributed by atoms with Crippen LogP contribution >= 0.6 is 11.6 Å². The van der Waals surface area contributed by atoms with Crippen LogP contribution < -0.4 is 15.0 Å². The molecule has 0 saturated carbocycles. The Bertz CT molecular complexity index is 1090. The van der Waals surface area contributed by atoms with Crippen molar-refractivity contribution in [1.82, 2.24) is 0 Å². The van der Waals surface area contributed by atoms with E-state index in [1.165, 1.54) is 0 Å². The molecule has 0 spiro atoms. The summed E-state index contributed by atoms with van der Waals surface area (Å²) in [4.78, 5) is 15.1. The molecular formula is C23H18ClN3O2. The van der Waals surface area contributed by atoms with Gasteiger partial charge in [-0.2, -0.15) is 5.26 Å². The number of carbonyl (C=O) groups is 1. The molecule has 6 heteroatoms. The molecule has 1 aliphatic heterocycles. The minimum absolute atomic E-state index is 0.316. The Morgan fingerprint density at radius 2 is 1.83 bits per heavy atom. The van der Waals surface area contributed by atoms with Crippen molar-refractivity contribution in [3.63, 3.8) is 0 Å². The Labute approximate surface area is 174 Å². The molecule has 0 radical (unpaired) electrons. The van der Waals surface area contributed by atoms with Crippen molar-refractivity contribution in [1.29, 1.82) is 5.26 Å². The molecule has 0 saturated heterocycles. The van der Waals surface area contributed by atoms with Gasteiger partial charge >= 0.3 is 0 Å². The van der Waals surface area contributed by atoms with Gasteiger partial charge in [-0.05, 0) is 42.0 Å². The molecule has 1 unspecified atom stereocenters. The molecule has 1 N–H and O–H groups in total. The summed E-state index contributed by atoms with van der Waals surface area (Å²) in [5, 5.41) is 13.8. The second-order valence-corrected chi connectivity index (χ2v) is 7.19. The highest BCUT2D eigenvalue weighted by molar-refractivity contribution is 6.31. The zero-order chi connectivity index (χ0) is 20.4. The van der Waals surface area contributed by atoms with Gasteiger partial charge in [0, 0.05) is 16.3 Å². The topological polar surface area (TPSA) is 65.4 Å². The summed E-state index contributed by atoms with van der Waals surface area (Å²) in [7, 11) is 1.60. The number of halogens is 1. The molecule has 3 aromatic rings. The van der Waals surface area contributed by atoms with E-state index in [-0.39, 0.29) is 5.91 Å². The third-order valence-electron chi connectivity index (χ3n) is 4.99. The number of rotatable bonds is 5. The average molecular weight is 404 g/mol. The van der Waals surface area contributed by atoms with Crippen LogP contribution in [0.15, 0.2) is 72.8 Å². The van der Waals surface area contributed by atoms with Crippen LogP contribution in [-0.4, -0.2) is 13.0 Å². The van der Waals surface area contributed by atoms with Gasteiger partial charge in [0.05, 0.1) is 19.3 Å². The van der Waals surface area contributed by atoms with Gasteiger partial charge < -0.3 is 15.0 Å². The quantitative estimate of drug-likeness (QED) is 0.669. The lowest BCUT2D eigenvalue weighted by molar-refractivity contribution is -0.120. The fourth-order valence-corrected chi connectivity index (χ4v) is 3.70. The molecule has 1 aliphatic rings. The third-order valence-corrected chi connectivity index (χ3v) is 5.23. The Kier molecular flexibility index (Phi) is 4.87. The minimum atomic E-state index is -1.52. The number of fused-ring (bicyclic) bond motifs is 1. The van der Waals surface area contributed by atoms with Gasteiger partial charge in [0.15, 0.2) is 0 Å². The minimum Gasteiger partial charge on any atom is -0.497 e. The number of anilines is 2. The van der Waals surface area contributed by atoms with E-state index in [1.807, 2.05) is 54.6 Å². The van der Waals surface area contributed by atoms with Gasteiger partial charge in [-0.1, -0.05) is 48.0 Å². The van der Waals surface area contributed by atoms with Gasteiger partial charge in [-0.3, -0.25) is 4.79 Å². The summed E-state index contributed by atoms with van der Waals surface area (Å²) in [6.45, 7) is 0.316. The summed E-state index contributed by atoms with van der Waals surface area (Å²) in [5.74, 6) is 0.402. The molecule has 0 aromatic heterocycles. The molecule has 1 amide bonds. The van der Waals surface area contributed by atoms with Gasteiger partial charge in [0.2, 0.25) is 5.54 Å². The number of methoxy groups -OCH3 is 1. The van der Waals surface area contributed by atoms with Gasteiger partial charge in [-0.15, -0.1) is 0 Å². The van der Waals surface area contributed by atoms with E-state index in [9.17, 15) is 10.1 Å². The van der Waals surface area contributed by atoms with Crippen LogP contribution in [-0.2, 0) is 16.9 Å². The average Bonchev–Trinajstić information content (AvgIpc) is 2.97. The lowest BCUT2D eigenvalue weighted by Crippen LogP contribution is -2.44. The van der Waals surface area contributed by atoms with Crippen molar-refractivity contribution >= 4 is 28.9 Å². The number of nitriles is 1. The first-order valence-electron chi connectivity index (χ1n) is 9.07. The molecule has 29 heavy (non-hydrogen) atoms. The monoisotopic (exact) mass is 403 g/mol. The van der Waals surface area contributed by atoms with E-state index in [1.54, 1.807) is 30.2 Å². The van der Waals surface area contributed by atoms with E-state index in [4.69, 9.17) is 16.3 Å². The second-order valence-electron chi connectivity index (χ2n) is 6.75. The molecule has 144 valence electrons. The first-order valence-corrected chi connectivity index (χ1v) is 9.44. The number of nitrogens with zero attached hydrogens (tertiary/aromatic N) is 2.